The summed E-state index contributed by atoms with van der Waals surface area (Å²) in [4.78, 5) is 12.9. The molecule has 1 aliphatic heterocycles. The van der Waals surface area contributed by atoms with Crippen molar-refractivity contribution >= 4 is 17.2 Å². The van der Waals surface area contributed by atoms with Crippen LogP contribution in [0.2, 0.25) is 0 Å². The first-order valence-electron chi connectivity index (χ1n) is 6.25. The molecule has 0 aromatic carbocycles. The number of hydrogen-bond acceptors (Lipinski definition) is 4. The molecule has 1 aliphatic rings. The Balaban J connectivity index is 1.60. The first kappa shape index (κ1) is 13.5. The van der Waals surface area contributed by atoms with Gasteiger partial charge in [-0.2, -0.15) is 0 Å². The summed E-state index contributed by atoms with van der Waals surface area (Å²) < 4.78 is 10.9. The Morgan fingerprint density at radius 3 is 2.94 bits per heavy atom. The van der Waals surface area contributed by atoms with Gasteiger partial charge in [-0.15, -0.1) is 11.3 Å². The fourth-order valence-corrected chi connectivity index (χ4v) is 2.62. The lowest BCUT2D eigenvalue weighted by molar-refractivity contribution is -0.146. The SMILES string of the molecule is CC1(CCNC(=O)CCc2cccs2)OCCO1. The van der Waals surface area contributed by atoms with Crippen molar-refractivity contribution in [3.8, 4) is 0 Å². The van der Waals surface area contributed by atoms with Gasteiger partial charge in [-0.25, -0.2) is 0 Å². The number of aryl methyl sites for hydroxylation is 1. The van der Waals surface area contributed by atoms with Crippen molar-refractivity contribution < 1.29 is 14.3 Å². The van der Waals surface area contributed by atoms with Gasteiger partial charge in [-0.05, 0) is 24.8 Å². The van der Waals surface area contributed by atoms with Gasteiger partial charge in [-0.1, -0.05) is 6.07 Å². The summed E-state index contributed by atoms with van der Waals surface area (Å²) >= 11 is 1.69. The highest BCUT2D eigenvalue weighted by Crippen LogP contribution is 2.21. The van der Waals surface area contributed by atoms with Gasteiger partial charge in [0.25, 0.3) is 0 Å². The molecule has 100 valence electrons. The van der Waals surface area contributed by atoms with Crippen LogP contribution in [0, 0.1) is 0 Å². The highest BCUT2D eigenvalue weighted by molar-refractivity contribution is 7.09. The smallest absolute Gasteiger partial charge is 0.220 e. The largest absolute Gasteiger partial charge is 0.356 e. The minimum atomic E-state index is -0.513. The summed E-state index contributed by atoms with van der Waals surface area (Å²) in [5.74, 6) is -0.425. The van der Waals surface area contributed by atoms with Crippen LogP contribution in [-0.4, -0.2) is 31.5 Å². The fourth-order valence-electron chi connectivity index (χ4n) is 1.91. The van der Waals surface area contributed by atoms with Gasteiger partial charge in [0.2, 0.25) is 5.91 Å². The number of carbonyl (C=O) groups is 1. The lowest BCUT2D eigenvalue weighted by atomic mass is 10.2. The van der Waals surface area contributed by atoms with Crippen molar-refractivity contribution in [2.45, 2.75) is 32.0 Å². The molecule has 1 fully saturated rings. The second-order valence-corrected chi connectivity index (χ2v) is 5.54. The molecular weight excluding hydrogens is 250 g/mol. The molecule has 0 atom stereocenters. The van der Waals surface area contributed by atoms with E-state index in [1.165, 1.54) is 4.88 Å². The molecular formula is C13H19NO3S. The second-order valence-electron chi connectivity index (χ2n) is 4.51. The molecule has 1 aromatic heterocycles. The molecule has 0 radical (unpaired) electrons. The molecule has 1 amide bonds. The number of nitrogens with one attached hydrogen (secondary N) is 1. The molecule has 2 rings (SSSR count). The summed E-state index contributed by atoms with van der Waals surface area (Å²) in [5, 5.41) is 4.93. The van der Waals surface area contributed by atoms with Gasteiger partial charge >= 0.3 is 0 Å². The van der Waals surface area contributed by atoms with E-state index in [-0.39, 0.29) is 5.91 Å². The molecule has 0 saturated carbocycles. The summed E-state index contributed by atoms with van der Waals surface area (Å²) in [5.41, 5.74) is 0. The molecule has 0 unspecified atom stereocenters. The zero-order valence-electron chi connectivity index (χ0n) is 10.6. The maximum absolute atomic E-state index is 11.6. The number of carbonyl (C=O) groups excluding carboxylic acids is 1. The van der Waals surface area contributed by atoms with Gasteiger partial charge in [0.15, 0.2) is 5.79 Å². The summed E-state index contributed by atoms with van der Waals surface area (Å²) in [6.45, 7) is 3.79. The van der Waals surface area contributed by atoms with E-state index in [0.717, 1.165) is 6.42 Å². The second kappa shape index (κ2) is 6.31. The number of rotatable bonds is 6. The van der Waals surface area contributed by atoms with Crippen molar-refractivity contribution in [2.75, 3.05) is 19.8 Å². The van der Waals surface area contributed by atoms with Crippen molar-refractivity contribution in [3.05, 3.63) is 22.4 Å². The normalized spacial score (nSPS) is 17.8. The predicted molar refractivity (Wildman–Crippen MR) is 70.6 cm³/mol. The molecule has 2 heterocycles. The van der Waals surface area contributed by atoms with E-state index in [1.54, 1.807) is 11.3 Å². The molecule has 1 aromatic rings. The standard InChI is InChI=1S/C13H19NO3S/c1-13(16-8-9-17-13)6-7-14-12(15)5-4-11-3-2-10-18-11/h2-3,10H,4-9H2,1H3,(H,14,15). The lowest BCUT2D eigenvalue weighted by Crippen LogP contribution is -2.33. The van der Waals surface area contributed by atoms with Crippen molar-refractivity contribution in [1.29, 1.82) is 0 Å². The predicted octanol–water partition coefficient (Wildman–Crippen LogP) is 1.95. The van der Waals surface area contributed by atoms with E-state index in [2.05, 4.69) is 11.4 Å². The molecule has 5 heteroatoms. The van der Waals surface area contributed by atoms with Crippen LogP contribution in [0.3, 0.4) is 0 Å². The third-order valence-electron chi connectivity index (χ3n) is 2.98. The van der Waals surface area contributed by atoms with Gasteiger partial charge in [0.1, 0.15) is 0 Å². The van der Waals surface area contributed by atoms with E-state index >= 15 is 0 Å². The van der Waals surface area contributed by atoms with Crippen LogP contribution in [0.25, 0.3) is 0 Å². The van der Waals surface area contributed by atoms with Gasteiger partial charge in [-0.3, -0.25) is 4.79 Å². The topological polar surface area (TPSA) is 47.6 Å². The van der Waals surface area contributed by atoms with Crippen LogP contribution in [0.15, 0.2) is 17.5 Å². The zero-order valence-corrected chi connectivity index (χ0v) is 11.4. The Kier molecular flexibility index (Phi) is 4.74. The van der Waals surface area contributed by atoms with E-state index in [4.69, 9.17) is 9.47 Å². The summed E-state index contributed by atoms with van der Waals surface area (Å²) in [6, 6.07) is 4.06. The molecule has 0 aliphatic carbocycles. The molecule has 0 bridgehead atoms. The average molecular weight is 269 g/mol. The molecule has 18 heavy (non-hydrogen) atoms. The van der Waals surface area contributed by atoms with Crippen LogP contribution >= 0.6 is 11.3 Å². The molecule has 0 spiro atoms. The Bertz CT molecular complexity index is 372. The van der Waals surface area contributed by atoms with Crippen LogP contribution in [0.5, 0.6) is 0 Å². The highest BCUT2D eigenvalue weighted by Gasteiger charge is 2.30. The number of hydrogen-bond donors (Lipinski definition) is 1. The number of thiophene rings is 1. The molecule has 1 N–H and O–H groups in total. The first-order chi connectivity index (χ1) is 8.68. The van der Waals surface area contributed by atoms with Crippen LogP contribution < -0.4 is 5.32 Å². The first-order valence-corrected chi connectivity index (χ1v) is 7.13. The third kappa shape index (κ3) is 4.08. The number of ether oxygens (including phenoxy) is 2. The fraction of sp³-hybridized carbons (Fsp3) is 0.615. The van der Waals surface area contributed by atoms with E-state index in [1.807, 2.05) is 18.4 Å². The van der Waals surface area contributed by atoms with Crippen molar-refractivity contribution in [2.24, 2.45) is 0 Å². The molecule has 1 saturated heterocycles. The lowest BCUT2D eigenvalue weighted by Gasteiger charge is -2.22. The quantitative estimate of drug-likeness (QED) is 0.858. The highest BCUT2D eigenvalue weighted by atomic mass is 32.1. The monoisotopic (exact) mass is 269 g/mol. The van der Waals surface area contributed by atoms with E-state index in [9.17, 15) is 4.79 Å². The minimum absolute atomic E-state index is 0.0880. The van der Waals surface area contributed by atoms with Gasteiger partial charge in [0, 0.05) is 24.3 Å². The average Bonchev–Trinajstić information content (AvgIpc) is 2.98. The van der Waals surface area contributed by atoms with Crippen molar-refractivity contribution in [3.63, 3.8) is 0 Å². The Labute approximate surface area is 111 Å². The zero-order chi connectivity index (χ0) is 12.8. The Morgan fingerprint density at radius 1 is 1.50 bits per heavy atom. The summed E-state index contributed by atoms with van der Waals surface area (Å²) in [6.07, 6.45) is 2.05. The Hall–Kier alpha value is -0.910. The van der Waals surface area contributed by atoms with Crippen molar-refractivity contribution in [1.82, 2.24) is 5.32 Å². The molecule has 4 nitrogen and oxygen atoms in total. The van der Waals surface area contributed by atoms with Gasteiger partial charge in [0.05, 0.1) is 13.2 Å². The van der Waals surface area contributed by atoms with Crippen LogP contribution in [0.4, 0.5) is 0 Å². The summed E-state index contributed by atoms with van der Waals surface area (Å²) in [7, 11) is 0. The minimum Gasteiger partial charge on any atom is -0.356 e. The van der Waals surface area contributed by atoms with Crippen LogP contribution in [-0.2, 0) is 20.7 Å². The van der Waals surface area contributed by atoms with Crippen LogP contribution in [0.1, 0.15) is 24.6 Å². The maximum Gasteiger partial charge on any atom is 0.220 e. The van der Waals surface area contributed by atoms with Gasteiger partial charge < -0.3 is 14.8 Å². The Morgan fingerprint density at radius 2 is 2.28 bits per heavy atom. The third-order valence-corrected chi connectivity index (χ3v) is 3.91. The maximum atomic E-state index is 11.6. The van der Waals surface area contributed by atoms with E-state index < -0.39 is 5.79 Å². The number of amides is 1. The van der Waals surface area contributed by atoms with E-state index in [0.29, 0.717) is 32.6 Å².